The van der Waals surface area contributed by atoms with Crippen LogP contribution in [0.4, 0.5) is 10.5 Å². The molecule has 0 bridgehead atoms. The van der Waals surface area contributed by atoms with E-state index in [9.17, 15) is 14.4 Å². The van der Waals surface area contributed by atoms with Gasteiger partial charge < -0.3 is 19.5 Å². The maximum absolute atomic E-state index is 13.0. The number of carbonyl (C=O) groups excluding carboxylic acids is 3. The van der Waals surface area contributed by atoms with E-state index in [-0.39, 0.29) is 16.9 Å². The molecule has 0 unspecified atom stereocenters. The molecular weight excluding hydrogens is 667 g/mol. The first-order chi connectivity index (χ1) is 20.0. The average molecular weight is 701 g/mol. The van der Waals surface area contributed by atoms with Crippen LogP contribution in [0.3, 0.4) is 0 Å². The highest BCUT2D eigenvalue weighted by Crippen LogP contribution is 2.35. The largest absolute Gasteiger partial charge is 0.490 e. The van der Waals surface area contributed by atoms with Gasteiger partial charge in [0, 0.05) is 9.26 Å². The number of anilines is 1. The van der Waals surface area contributed by atoms with Gasteiger partial charge in [-0.15, -0.1) is 0 Å². The van der Waals surface area contributed by atoms with Gasteiger partial charge in [0.25, 0.3) is 11.1 Å². The SMILES string of the molecule is CCOc1cc(/C=C2\SC(=O)N(CC(=O)Nc3ccc(I)cc3)C2=O)ccc1OCCOc1ccc(C(C)(C)C)cc1. The van der Waals surface area contributed by atoms with Crippen molar-refractivity contribution >= 4 is 63.2 Å². The smallest absolute Gasteiger partial charge is 0.294 e. The van der Waals surface area contributed by atoms with Gasteiger partial charge in [-0.05, 0) is 112 Å². The molecule has 0 aromatic heterocycles. The second-order valence-electron chi connectivity index (χ2n) is 10.4. The Morgan fingerprint density at radius 2 is 1.62 bits per heavy atom. The van der Waals surface area contributed by atoms with Gasteiger partial charge in [0.2, 0.25) is 5.91 Å². The van der Waals surface area contributed by atoms with Crippen molar-refractivity contribution < 1.29 is 28.6 Å². The van der Waals surface area contributed by atoms with Gasteiger partial charge in [-0.2, -0.15) is 0 Å². The molecule has 0 atom stereocenters. The van der Waals surface area contributed by atoms with Crippen molar-refractivity contribution in [3.05, 3.63) is 86.3 Å². The summed E-state index contributed by atoms with van der Waals surface area (Å²) in [5.74, 6) is 0.853. The van der Waals surface area contributed by atoms with Crippen LogP contribution in [-0.2, 0) is 15.0 Å². The summed E-state index contributed by atoms with van der Waals surface area (Å²) >= 11 is 2.96. The normalized spacial score (nSPS) is 14.3. The molecule has 0 spiro atoms. The van der Waals surface area contributed by atoms with E-state index in [1.165, 1.54) is 5.56 Å². The monoisotopic (exact) mass is 700 g/mol. The number of carbonyl (C=O) groups is 3. The fraction of sp³-hybridized carbons (Fsp3) is 0.281. The van der Waals surface area contributed by atoms with Crippen molar-refractivity contribution in [1.29, 1.82) is 0 Å². The third kappa shape index (κ3) is 8.51. The first-order valence-electron chi connectivity index (χ1n) is 13.5. The lowest BCUT2D eigenvalue weighted by Gasteiger charge is -2.19. The van der Waals surface area contributed by atoms with Crippen LogP contribution in [0.2, 0.25) is 0 Å². The van der Waals surface area contributed by atoms with Crippen LogP contribution >= 0.6 is 34.4 Å². The van der Waals surface area contributed by atoms with Crippen LogP contribution in [-0.4, -0.2) is 48.3 Å². The van der Waals surface area contributed by atoms with E-state index in [0.717, 1.165) is 26.0 Å². The molecule has 1 heterocycles. The zero-order chi connectivity index (χ0) is 30.3. The molecule has 220 valence electrons. The third-order valence-corrected chi connectivity index (χ3v) is 7.83. The Morgan fingerprint density at radius 3 is 2.29 bits per heavy atom. The summed E-state index contributed by atoms with van der Waals surface area (Å²) in [6, 6.07) is 20.6. The van der Waals surface area contributed by atoms with Crippen LogP contribution in [0.25, 0.3) is 6.08 Å². The molecule has 1 saturated heterocycles. The van der Waals surface area contributed by atoms with E-state index in [0.29, 0.717) is 42.6 Å². The second kappa shape index (κ2) is 14.1. The number of hydrogen-bond donors (Lipinski definition) is 1. The van der Waals surface area contributed by atoms with E-state index in [2.05, 4.69) is 60.8 Å². The lowest BCUT2D eigenvalue weighted by Crippen LogP contribution is -2.36. The van der Waals surface area contributed by atoms with E-state index < -0.39 is 17.1 Å². The van der Waals surface area contributed by atoms with Crippen molar-refractivity contribution in [2.75, 3.05) is 31.7 Å². The number of halogens is 1. The highest BCUT2D eigenvalue weighted by molar-refractivity contribution is 14.1. The Bertz CT molecular complexity index is 1470. The first-order valence-corrected chi connectivity index (χ1v) is 15.4. The Kier molecular flexibility index (Phi) is 10.6. The molecule has 3 aromatic rings. The van der Waals surface area contributed by atoms with E-state index in [4.69, 9.17) is 14.2 Å². The molecule has 1 fully saturated rings. The minimum Gasteiger partial charge on any atom is -0.490 e. The summed E-state index contributed by atoms with van der Waals surface area (Å²) in [6.07, 6.45) is 1.61. The molecule has 0 saturated carbocycles. The zero-order valence-corrected chi connectivity index (χ0v) is 26.9. The summed E-state index contributed by atoms with van der Waals surface area (Å²) in [6.45, 7) is 9.09. The van der Waals surface area contributed by atoms with Gasteiger partial charge in [-0.1, -0.05) is 39.0 Å². The number of benzene rings is 3. The molecule has 1 aliphatic heterocycles. The molecule has 1 aliphatic rings. The van der Waals surface area contributed by atoms with Crippen LogP contribution in [0.15, 0.2) is 71.6 Å². The fourth-order valence-corrected chi connectivity index (χ4v) is 5.23. The van der Waals surface area contributed by atoms with Crippen molar-refractivity contribution in [3.8, 4) is 17.2 Å². The number of nitrogens with one attached hydrogen (secondary N) is 1. The van der Waals surface area contributed by atoms with Crippen LogP contribution in [0.1, 0.15) is 38.8 Å². The molecule has 3 amide bonds. The standard InChI is InChI=1S/C32H33IN2O6S/c1-5-39-27-18-21(6-15-26(27)41-17-16-40-25-13-7-22(8-14-25)32(2,3)4)19-28-30(37)35(31(38)42-28)20-29(36)34-24-11-9-23(33)10-12-24/h6-15,18-19H,5,16-17,20H2,1-4H3,(H,34,36)/b28-19-. The number of nitrogens with zero attached hydrogens (tertiary/aromatic N) is 1. The van der Waals surface area contributed by atoms with Gasteiger partial charge in [0.05, 0.1) is 11.5 Å². The second-order valence-corrected chi connectivity index (χ2v) is 12.7. The molecule has 1 N–H and O–H groups in total. The quantitative estimate of drug-likeness (QED) is 0.129. The van der Waals surface area contributed by atoms with Crippen LogP contribution < -0.4 is 19.5 Å². The number of thioether (sulfide) groups is 1. The van der Waals surface area contributed by atoms with Crippen LogP contribution in [0, 0.1) is 3.57 Å². The molecule has 0 radical (unpaired) electrons. The average Bonchev–Trinajstić information content (AvgIpc) is 3.20. The molecule has 0 aliphatic carbocycles. The third-order valence-electron chi connectivity index (χ3n) is 6.20. The Labute approximate surface area is 263 Å². The fourth-order valence-electron chi connectivity index (χ4n) is 4.03. The highest BCUT2D eigenvalue weighted by Gasteiger charge is 2.36. The minimum atomic E-state index is -0.520. The van der Waals surface area contributed by atoms with E-state index in [1.54, 1.807) is 36.4 Å². The molecular formula is C32H33IN2O6S. The van der Waals surface area contributed by atoms with Gasteiger partial charge >= 0.3 is 0 Å². The lowest BCUT2D eigenvalue weighted by molar-refractivity contribution is -0.127. The van der Waals surface area contributed by atoms with E-state index in [1.807, 2.05) is 31.2 Å². The summed E-state index contributed by atoms with van der Waals surface area (Å²) in [4.78, 5) is 39.1. The number of rotatable bonds is 11. The zero-order valence-electron chi connectivity index (χ0n) is 23.9. The predicted molar refractivity (Wildman–Crippen MR) is 174 cm³/mol. The number of hydrogen-bond acceptors (Lipinski definition) is 7. The molecule has 42 heavy (non-hydrogen) atoms. The maximum Gasteiger partial charge on any atom is 0.294 e. The predicted octanol–water partition coefficient (Wildman–Crippen LogP) is 7.12. The minimum absolute atomic E-state index is 0.0797. The summed E-state index contributed by atoms with van der Waals surface area (Å²) in [5.41, 5.74) is 2.57. The van der Waals surface area contributed by atoms with Gasteiger partial charge in [0.15, 0.2) is 11.5 Å². The summed E-state index contributed by atoms with van der Waals surface area (Å²) < 4.78 is 18.5. The number of imide groups is 1. The lowest BCUT2D eigenvalue weighted by atomic mass is 9.87. The Hall–Kier alpha value is -3.51. The topological polar surface area (TPSA) is 94.2 Å². The summed E-state index contributed by atoms with van der Waals surface area (Å²) in [5, 5.41) is 2.21. The van der Waals surface area contributed by atoms with E-state index >= 15 is 0 Å². The molecule has 8 nitrogen and oxygen atoms in total. The van der Waals surface area contributed by atoms with Crippen molar-refractivity contribution in [1.82, 2.24) is 4.90 Å². The molecule has 10 heteroatoms. The van der Waals surface area contributed by atoms with Gasteiger partial charge in [0.1, 0.15) is 25.5 Å². The highest BCUT2D eigenvalue weighted by atomic mass is 127. The van der Waals surface area contributed by atoms with Gasteiger partial charge in [-0.3, -0.25) is 19.3 Å². The molecule has 4 rings (SSSR count). The van der Waals surface area contributed by atoms with Gasteiger partial charge in [-0.25, -0.2) is 0 Å². The van der Waals surface area contributed by atoms with Crippen molar-refractivity contribution in [3.63, 3.8) is 0 Å². The first kappa shape index (κ1) is 31.4. The Morgan fingerprint density at radius 1 is 0.929 bits per heavy atom. The summed E-state index contributed by atoms with van der Waals surface area (Å²) in [7, 11) is 0. The van der Waals surface area contributed by atoms with Crippen molar-refractivity contribution in [2.45, 2.75) is 33.1 Å². The molecule has 3 aromatic carbocycles. The van der Waals surface area contributed by atoms with Crippen molar-refractivity contribution in [2.24, 2.45) is 0 Å². The number of ether oxygens (including phenoxy) is 3. The van der Waals surface area contributed by atoms with Crippen LogP contribution in [0.5, 0.6) is 17.2 Å². The maximum atomic E-state index is 13.0. The number of amides is 3. The Balaban J connectivity index is 1.35.